The van der Waals surface area contributed by atoms with Crippen molar-refractivity contribution in [2.75, 3.05) is 14.2 Å². The Morgan fingerprint density at radius 2 is 1.93 bits per heavy atom. The number of aromatic nitrogens is 1. The molecule has 0 aliphatic carbocycles. The maximum atomic E-state index is 12.0. The van der Waals surface area contributed by atoms with Gasteiger partial charge < -0.3 is 14.5 Å². The molecule has 0 bridgehead atoms. The van der Waals surface area contributed by atoms with E-state index >= 15 is 0 Å². The summed E-state index contributed by atoms with van der Waals surface area (Å²) < 4.78 is 10.8. The molecule has 2 atom stereocenters. The van der Waals surface area contributed by atoms with Crippen molar-refractivity contribution in [2.24, 2.45) is 5.92 Å². The van der Waals surface area contributed by atoms with Crippen LogP contribution in [0.5, 0.6) is 5.88 Å². The van der Waals surface area contributed by atoms with Crippen molar-refractivity contribution in [3.05, 3.63) is 74.6 Å². The molecule has 4 heteroatoms. The van der Waals surface area contributed by atoms with E-state index < -0.39 is 0 Å². The molecule has 29 heavy (non-hydrogen) atoms. The SMILES string of the molecule is C/C=C(\C)C(OC)C(C)/C=C(C)/C=C/C/C(C)=C/Cc1[nH]c(OC)cc(=O)c1C. The monoisotopic (exact) mass is 399 g/mol. The van der Waals surface area contributed by atoms with Crippen LogP contribution in [-0.2, 0) is 11.2 Å². The third-order valence-corrected chi connectivity index (χ3v) is 5.22. The average Bonchev–Trinajstić information content (AvgIpc) is 2.69. The molecule has 0 fully saturated rings. The third kappa shape index (κ3) is 7.90. The van der Waals surface area contributed by atoms with Gasteiger partial charge in [-0.2, -0.15) is 0 Å². The Morgan fingerprint density at radius 1 is 1.24 bits per heavy atom. The maximum absolute atomic E-state index is 12.0. The molecule has 0 saturated heterocycles. The lowest BCUT2D eigenvalue weighted by Crippen LogP contribution is -2.20. The fourth-order valence-corrected chi connectivity index (χ4v) is 3.30. The Kier molecular flexibility index (Phi) is 10.5. The number of aromatic amines is 1. The minimum atomic E-state index is -0.000974. The van der Waals surface area contributed by atoms with Crippen LogP contribution in [0.3, 0.4) is 0 Å². The predicted molar refractivity (Wildman–Crippen MR) is 123 cm³/mol. The number of hydrogen-bond acceptors (Lipinski definition) is 3. The summed E-state index contributed by atoms with van der Waals surface area (Å²) in [4.78, 5) is 15.2. The minimum Gasteiger partial charge on any atom is -0.482 e. The Bertz CT molecular complexity index is 840. The standard InChI is InChI=1S/C25H37NO3/c1-9-19(4)25(29-8)20(5)15-18(3)12-10-11-17(2)13-14-22-21(6)23(27)16-24(26-22)28-7/h9-10,12-13,15-16,20,25H,11,14H2,1-8H3,(H,26,27)/b12-10+,17-13+,18-15+,19-9+. The van der Waals surface area contributed by atoms with Gasteiger partial charge in [0.2, 0.25) is 0 Å². The molecular formula is C25H37NO3. The Morgan fingerprint density at radius 3 is 2.52 bits per heavy atom. The van der Waals surface area contributed by atoms with Crippen LogP contribution in [0.1, 0.15) is 52.3 Å². The van der Waals surface area contributed by atoms with E-state index in [2.05, 4.69) is 63.1 Å². The predicted octanol–water partition coefficient (Wildman–Crippen LogP) is 5.69. The van der Waals surface area contributed by atoms with Crippen molar-refractivity contribution in [1.29, 1.82) is 0 Å². The minimum absolute atomic E-state index is 0.000974. The highest BCUT2D eigenvalue weighted by molar-refractivity contribution is 5.27. The molecule has 0 saturated carbocycles. The average molecular weight is 400 g/mol. The van der Waals surface area contributed by atoms with Gasteiger partial charge in [0.25, 0.3) is 0 Å². The maximum Gasteiger partial charge on any atom is 0.194 e. The summed E-state index contributed by atoms with van der Waals surface area (Å²) in [5.74, 6) is 0.810. The van der Waals surface area contributed by atoms with E-state index in [1.807, 2.05) is 13.8 Å². The summed E-state index contributed by atoms with van der Waals surface area (Å²) in [6.07, 6.45) is 12.5. The summed E-state index contributed by atoms with van der Waals surface area (Å²) in [7, 11) is 3.32. The van der Waals surface area contributed by atoms with Crippen LogP contribution >= 0.6 is 0 Å². The number of rotatable bonds is 10. The van der Waals surface area contributed by atoms with Gasteiger partial charge in [-0.15, -0.1) is 0 Å². The molecule has 0 spiro atoms. The summed E-state index contributed by atoms with van der Waals surface area (Å²) in [6.45, 7) is 12.4. The fraction of sp³-hybridized carbons (Fsp3) is 0.480. The molecule has 1 heterocycles. The molecule has 0 aliphatic heterocycles. The first-order valence-corrected chi connectivity index (χ1v) is 10.2. The first-order chi connectivity index (χ1) is 13.7. The molecule has 0 aliphatic rings. The number of nitrogens with one attached hydrogen (secondary N) is 1. The van der Waals surface area contributed by atoms with Gasteiger partial charge in [-0.3, -0.25) is 4.79 Å². The van der Waals surface area contributed by atoms with Crippen LogP contribution in [0.2, 0.25) is 0 Å². The molecule has 1 rings (SSSR count). The number of H-pyrrole nitrogens is 1. The molecule has 160 valence electrons. The van der Waals surface area contributed by atoms with Crippen LogP contribution in [0.15, 0.2) is 58.0 Å². The second-order valence-corrected chi connectivity index (χ2v) is 7.63. The van der Waals surface area contributed by atoms with Crippen LogP contribution in [-0.4, -0.2) is 25.3 Å². The molecule has 0 aromatic carbocycles. The Balaban J connectivity index is 2.74. The van der Waals surface area contributed by atoms with E-state index in [0.29, 0.717) is 18.2 Å². The highest BCUT2D eigenvalue weighted by Gasteiger charge is 2.15. The number of methoxy groups -OCH3 is 2. The van der Waals surface area contributed by atoms with Crippen LogP contribution in [0.4, 0.5) is 0 Å². The van der Waals surface area contributed by atoms with E-state index in [1.165, 1.54) is 22.8 Å². The van der Waals surface area contributed by atoms with Crippen molar-refractivity contribution in [3.63, 3.8) is 0 Å². The number of hydrogen-bond donors (Lipinski definition) is 1. The normalized spacial score (nSPS) is 15.7. The number of allylic oxidation sites excluding steroid dienone is 6. The van der Waals surface area contributed by atoms with Crippen molar-refractivity contribution >= 4 is 0 Å². The van der Waals surface area contributed by atoms with Crippen LogP contribution in [0.25, 0.3) is 0 Å². The fourth-order valence-electron chi connectivity index (χ4n) is 3.30. The van der Waals surface area contributed by atoms with Gasteiger partial charge in [-0.1, -0.05) is 48.5 Å². The van der Waals surface area contributed by atoms with E-state index in [9.17, 15) is 4.79 Å². The molecule has 1 aromatic heterocycles. The van der Waals surface area contributed by atoms with Gasteiger partial charge in [0, 0.05) is 36.8 Å². The van der Waals surface area contributed by atoms with E-state index in [1.54, 1.807) is 14.2 Å². The molecular weight excluding hydrogens is 362 g/mol. The second-order valence-electron chi connectivity index (χ2n) is 7.63. The van der Waals surface area contributed by atoms with Gasteiger partial charge in [-0.25, -0.2) is 0 Å². The van der Waals surface area contributed by atoms with Gasteiger partial charge in [0.05, 0.1) is 13.2 Å². The summed E-state index contributed by atoms with van der Waals surface area (Å²) in [6, 6.07) is 1.49. The quantitative estimate of drug-likeness (QED) is 0.406. The van der Waals surface area contributed by atoms with Gasteiger partial charge in [0.1, 0.15) is 0 Å². The summed E-state index contributed by atoms with van der Waals surface area (Å²) in [5, 5.41) is 0. The topological polar surface area (TPSA) is 51.3 Å². The van der Waals surface area contributed by atoms with Gasteiger partial charge in [0.15, 0.2) is 11.3 Å². The Labute approximate surface area is 176 Å². The number of pyridine rings is 1. The lowest BCUT2D eigenvalue weighted by atomic mass is 9.95. The van der Waals surface area contributed by atoms with Crippen molar-refractivity contribution in [3.8, 4) is 5.88 Å². The Hall–Kier alpha value is -2.33. The molecule has 0 radical (unpaired) electrons. The van der Waals surface area contributed by atoms with E-state index in [0.717, 1.165) is 17.7 Å². The first kappa shape index (κ1) is 24.7. The molecule has 4 nitrogen and oxygen atoms in total. The largest absolute Gasteiger partial charge is 0.482 e. The second kappa shape index (κ2) is 12.3. The number of ether oxygens (including phenoxy) is 2. The lowest BCUT2D eigenvalue weighted by Gasteiger charge is -2.21. The van der Waals surface area contributed by atoms with Crippen molar-refractivity contribution < 1.29 is 9.47 Å². The molecule has 0 amide bonds. The first-order valence-electron chi connectivity index (χ1n) is 10.2. The lowest BCUT2D eigenvalue weighted by molar-refractivity contribution is 0.103. The molecule has 1 aromatic rings. The zero-order valence-corrected chi connectivity index (χ0v) is 19.3. The van der Waals surface area contributed by atoms with Crippen LogP contribution in [0, 0.1) is 12.8 Å². The summed E-state index contributed by atoms with van der Waals surface area (Å²) in [5.41, 5.74) is 5.36. The highest BCUT2D eigenvalue weighted by atomic mass is 16.5. The zero-order chi connectivity index (χ0) is 22.0. The van der Waals surface area contributed by atoms with Crippen molar-refractivity contribution in [1.82, 2.24) is 4.98 Å². The van der Waals surface area contributed by atoms with Gasteiger partial charge in [-0.05, 0) is 46.6 Å². The van der Waals surface area contributed by atoms with Crippen LogP contribution < -0.4 is 10.2 Å². The third-order valence-electron chi connectivity index (χ3n) is 5.22. The smallest absolute Gasteiger partial charge is 0.194 e. The van der Waals surface area contributed by atoms with Crippen molar-refractivity contribution in [2.45, 2.75) is 60.5 Å². The van der Waals surface area contributed by atoms with Gasteiger partial charge >= 0.3 is 0 Å². The highest BCUT2D eigenvalue weighted by Crippen LogP contribution is 2.19. The summed E-state index contributed by atoms with van der Waals surface area (Å²) >= 11 is 0. The molecule has 2 unspecified atom stereocenters. The zero-order valence-electron chi connectivity index (χ0n) is 19.3. The van der Waals surface area contributed by atoms with E-state index in [-0.39, 0.29) is 11.5 Å². The van der Waals surface area contributed by atoms with E-state index in [4.69, 9.17) is 9.47 Å². The molecule has 1 N–H and O–H groups in total.